The average molecular weight is 393 g/mol. The quantitative estimate of drug-likeness (QED) is 0.576. The molecular weight excluding hydrogens is 366 g/mol. The number of carbonyl (C=O) groups excluding carboxylic acids is 1. The van der Waals surface area contributed by atoms with Gasteiger partial charge in [0.15, 0.2) is 0 Å². The van der Waals surface area contributed by atoms with Crippen LogP contribution in [0.5, 0.6) is 5.75 Å². The zero-order chi connectivity index (χ0) is 21.1. The Bertz CT molecular complexity index is 1080. The molecule has 1 unspecified atom stereocenters. The van der Waals surface area contributed by atoms with E-state index >= 15 is 0 Å². The molecule has 5 nitrogen and oxygen atoms in total. The molecule has 3 rings (SSSR count). The van der Waals surface area contributed by atoms with Gasteiger partial charge in [0, 0.05) is 30.5 Å². The van der Waals surface area contributed by atoms with Crippen molar-refractivity contribution in [2.75, 3.05) is 14.2 Å². The molecule has 0 bridgehead atoms. The maximum Gasteiger partial charge on any atom is 0.339 e. The number of ether oxygens (including phenoxy) is 1. The Morgan fingerprint density at radius 2 is 1.83 bits per heavy atom. The molecular formula is C24H27NO4. The molecule has 0 aliphatic rings. The van der Waals surface area contributed by atoms with E-state index in [0.29, 0.717) is 23.3 Å². The number of nitrogens with zero attached hydrogens (tertiary/aromatic N) is 1. The van der Waals surface area contributed by atoms with Crippen LogP contribution in [0.4, 0.5) is 0 Å². The third-order valence-electron chi connectivity index (χ3n) is 5.62. The van der Waals surface area contributed by atoms with Crippen LogP contribution in [0.1, 0.15) is 41.6 Å². The molecule has 0 aliphatic heterocycles. The van der Waals surface area contributed by atoms with Crippen molar-refractivity contribution in [1.82, 2.24) is 4.90 Å². The molecule has 29 heavy (non-hydrogen) atoms. The highest BCUT2D eigenvalue weighted by Crippen LogP contribution is 2.25. The zero-order valence-corrected chi connectivity index (χ0v) is 17.6. The molecule has 2 aromatic carbocycles. The van der Waals surface area contributed by atoms with Gasteiger partial charge in [0.25, 0.3) is 0 Å². The van der Waals surface area contributed by atoms with Crippen LogP contribution in [0.15, 0.2) is 51.7 Å². The molecule has 0 radical (unpaired) electrons. The molecule has 5 heteroatoms. The second-order valence-corrected chi connectivity index (χ2v) is 7.45. The molecule has 1 heterocycles. The molecule has 0 N–H and O–H groups in total. The lowest BCUT2D eigenvalue weighted by molar-refractivity contribution is -0.131. The molecule has 0 saturated carbocycles. The minimum absolute atomic E-state index is 0.00768. The Morgan fingerprint density at radius 3 is 2.48 bits per heavy atom. The van der Waals surface area contributed by atoms with Gasteiger partial charge in [0.05, 0.1) is 13.2 Å². The Hall–Kier alpha value is -3.08. The van der Waals surface area contributed by atoms with Gasteiger partial charge in [-0.05, 0) is 50.5 Å². The van der Waals surface area contributed by atoms with E-state index in [0.717, 1.165) is 16.5 Å². The summed E-state index contributed by atoms with van der Waals surface area (Å²) in [7, 11) is 3.37. The van der Waals surface area contributed by atoms with Crippen molar-refractivity contribution < 1.29 is 13.9 Å². The van der Waals surface area contributed by atoms with E-state index in [1.165, 1.54) is 5.56 Å². The van der Waals surface area contributed by atoms with Gasteiger partial charge < -0.3 is 14.1 Å². The third-order valence-corrected chi connectivity index (χ3v) is 5.62. The fourth-order valence-corrected chi connectivity index (χ4v) is 3.48. The highest BCUT2D eigenvalue weighted by Gasteiger charge is 2.19. The van der Waals surface area contributed by atoms with E-state index < -0.39 is 5.63 Å². The van der Waals surface area contributed by atoms with Crippen LogP contribution in [0.25, 0.3) is 11.0 Å². The summed E-state index contributed by atoms with van der Waals surface area (Å²) < 4.78 is 10.7. The SMILES string of the molecule is COc1ccc2c(C)c(CCC(=O)N(C)C(C)c3ccc(C)cc3)c(=O)oc2c1. The normalized spacial score (nSPS) is 12.0. The van der Waals surface area contributed by atoms with Crippen molar-refractivity contribution in [3.63, 3.8) is 0 Å². The van der Waals surface area contributed by atoms with Crippen LogP contribution >= 0.6 is 0 Å². The summed E-state index contributed by atoms with van der Waals surface area (Å²) in [5.74, 6) is 0.626. The molecule has 0 saturated heterocycles. The largest absolute Gasteiger partial charge is 0.497 e. The van der Waals surface area contributed by atoms with Crippen molar-refractivity contribution >= 4 is 16.9 Å². The Balaban J connectivity index is 1.76. The monoisotopic (exact) mass is 393 g/mol. The number of amides is 1. The summed E-state index contributed by atoms with van der Waals surface area (Å²) in [4.78, 5) is 27.0. The number of carbonyl (C=O) groups is 1. The minimum Gasteiger partial charge on any atom is -0.497 e. The van der Waals surface area contributed by atoms with E-state index in [1.54, 1.807) is 25.1 Å². The van der Waals surface area contributed by atoms with E-state index in [2.05, 4.69) is 0 Å². The van der Waals surface area contributed by atoms with Gasteiger partial charge >= 0.3 is 5.63 Å². The van der Waals surface area contributed by atoms with Crippen LogP contribution < -0.4 is 10.4 Å². The zero-order valence-electron chi connectivity index (χ0n) is 17.6. The van der Waals surface area contributed by atoms with Gasteiger partial charge in [-0.25, -0.2) is 4.79 Å². The van der Waals surface area contributed by atoms with Gasteiger partial charge in [-0.1, -0.05) is 29.8 Å². The maximum absolute atomic E-state index is 12.7. The molecule has 152 valence electrons. The number of aryl methyl sites for hydroxylation is 2. The number of hydrogen-bond acceptors (Lipinski definition) is 4. The second kappa shape index (κ2) is 8.52. The highest BCUT2D eigenvalue weighted by atomic mass is 16.5. The third kappa shape index (κ3) is 4.34. The maximum atomic E-state index is 12.7. The second-order valence-electron chi connectivity index (χ2n) is 7.45. The lowest BCUT2D eigenvalue weighted by Crippen LogP contribution is -2.30. The van der Waals surface area contributed by atoms with Gasteiger partial charge in [0.1, 0.15) is 11.3 Å². The summed E-state index contributed by atoms with van der Waals surface area (Å²) in [5, 5.41) is 0.856. The number of benzene rings is 2. The fourth-order valence-electron chi connectivity index (χ4n) is 3.48. The number of fused-ring (bicyclic) bond motifs is 1. The predicted molar refractivity (Wildman–Crippen MR) is 114 cm³/mol. The molecule has 0 spiro atoms. The molecule has 1 aromatic heterocycles. The van der Waals surface area contributed by atoms with Gasteiger partial charge in [-0.15, -0.1) is 0 Å². The first kappa shape index (κ1) is 20.6. The van der Waals surface area contributed by atoms with Crippen molar-refractivity contribution in [2.24, 2.45) is 0 Å². The van der Waals surface area contributed by atoms with E-state index in [4.69, 9.17) is 9.15 Å². The minimum atomic E-state index is -0.398. The summed E-state index contributed by atoms with van der Waals surface area (Å²) in [6, 6.07) is 13.6. The highest BCUT2D eigenvalue weighted by molar-refractivity contribution is 5.82. The Morgan fingerprint density at radius 1 is 1.14 bits per heavy atom. The fraction of sp³-hybridized carbons (Fsp3) is 0.333. The molecule has 0 aliphatic carbocycles. The van der Waals surface area contributed by atoms with Crippen LogP contribution in [0, 0.1) is 13.8 Å². The van der Waals surface area contributed by atoms with E-state index in [-0.39, 0.29) is 18.4 Å². The summed E-state index contributed by atoms with van der Waals surface area (Å²) >= 11 is 0. The molecule has 1 atom stereocenters. The lowest BCUT2D eigenvalue weighted by Gasteiger charge is -2.25. The van der Waals surface area contributed by atoms with E-state index in [9.17, 15) is 9.59 Å². The lowest BCUT2D eigenvalue weighted by atomic mass is 10.0. The first-order valence-electron chi connectivity index (χ1n) is 9.74. The Labute approximate surface area is 170 Å². The average Bonchev–Trinajstić information content (AvgIpc) is 2.72. The number of rotatable bonds is 6. The van der Waals surface area contributed by atoms with Gasteiger partial charge in [-0.2, -0.15) is 0 Å². The molecule has 1 amide bonds. The summed E-state index contributed by atoms with van der Waals surface area (Å²) in [6.07, 6.45) is 0.597. The number of methoxy groups -OCH3 is 1. The van der Waals surface area contributed by atoms with Crippen LogP contribution in [-0.4, -0.2) is 25.0 Å². The van der Waals surface area contributed by atoms with Crippen LogP contribution in [0.3, 0.4) is 0 Å². The molecule has 0 fully saturated rings. The topological polar surface area (TPSA) is 59.8 Å². The van der Waals surface area contributed by atoms with Crippen molar-refractivity contribution in [3.05, 3.63) is 75.1 Å². The summed E-state index contributed by atoms with van der Waals surface area (Å²) in [5.41, 5.74) is 3.76. The van der Waals surface area contributed by atoms with Gasteiger partial charge in [0.2, 0.25) is 5.91 Å². The van der Waals surface area contributed by atoms with Crippen molar-refractivity contribution in [3.8, 4) is 5.75 Å². The van der Waals surface area contributed by atoms with Gasteiger partial charge in [-0.3, -0.25) is 4.79 Å². The first-order valence-corrected chi connectivity index (χ1v) is 9.74. The van der Waals surface area contributed by atoms with Crippen molar-refractivity contribution in [2.45, 2.75) is 39.7 Å². The number of hydrogen-bond donors (Lipinski definition) is 0. The molecule has 3 aromatic rings. The van der Waals surface area contributed by atoms with Crippen LogP contribution in [0.2, 0.25) is 0 Å². The van der Waals surface area contributed by atoms with Crippen molar-refractivity contribution in [1.29, 1.82) is 0 Å². The first-order chi connectivity index (χ1) is 13.8. The smallest absolute Gasteiger partial charge is 0.339 e. The predicted octanol–water partition coefficient (Wildman–Crippen LogP) is 4.57. The standard InChI is InChI=1S/C24H27NO4/c1-15-6-8-18(9-7-15)17(3)25(4)23(26)13-12-21-16(2)20-11-10-19(28-5)14-22(20)29-24(21)27/h6-11,14,17H,12-13H2,1-5H3. The van der Waals surface area contributed by atoms with E-state index in [1.807, 2.05) is 57.2 Å². The summed E-state index contributed by atoms with van der Waals surface area (Å²) in [6.45, 7) is 5.94. The Kier molecular flexibility index (Phi) is 6.06. The van der Waals surface area contributed by atoms with Crippen LogP contribution in [-0.2, 0) is 11.2 Å².